The fraction of sp³-hybridized carbons (Fsp3) is 0.500. The molecular weight excluding hydrogens is 378 g/mol. The summed E-state index contributed by atoms with van der Waals surface area (Å²) in [6.45, 7) is 4.19. The molecule has 2 aliphatic rings. The Morgan fingerprint density at radius 3 is 2.93 bits per heavy atom. The van der Waals surface area contributed by atoms with Crippen LogP contribution < -0.4 is 4.90 Å². The minimum atomic E-state index is -2.16. The molecule has 3 aromatic heterocycles. The van der Waals surface area contributed by atoms with Crippen molar-refractivity contribution in [2.75, 3.05) is 36.2 Å². The topological polar surface area (TPSA) is 101 Å². The summed E-state index contributed by atoms with van der Waals surface area (Å²) in [4.78, 5) is 7.17. The molecule has 0 spiro atoms. The van der Waals surface area contributed by atoms with Gasteiger partial charge in [0, 0.05) is 37.4 Å². The summed E-state index contributed by atoms with van der Waals surface area (Å²) in [5.74, 6) is 2.13. The number of fused-ring (bicyclic) bond motifs is 1. The van der Waals surface area contributed by atoms with E-state index in [2.05, 4.69) is 27.1 Å². The predicted molar refractivity (Wildman–Crippen MR) is 108 cm³/mol. The number of ether oxygens (including phenoxy) is 1. The second-order valence-corrected chi connectivity index (χ2v) is 9.93. The van der Waals surface area contributed by atoms with Crippen molar-refractivity contribution in [2.24, 2.45) is 11.4 Å². The third-order valence-electron chi connectivity index (χ3n) is 5.37. The van der Waals surface area contributed by atoms with Crippen molar-refractivity contribution in [3.05, 3.63) is 18.3 Å². The van der Waals surface area contributed by atoms with E-state index < -0.39 is 9.73 Å². The summed E-state index contributed by atoms with van der Waals surface area (Å²) in [6, 6.07) is 4.03. The minimum Gasteiger partial charge on any atom is -0.377 e. The van der Waals surface area contributed by atoms with Crippen LogP contribution in [0, 0.1) is 0 Å². The summed E-state index contributed by atoms with van der Waals surface area (Å²) in [7, 11) is -0.294. The second-order valence-electron chi connectivity index (χ2n) is 7.38. The number of aryl methyl sites for hydroxylation is 1. The van der Waals surface area contributed by atoms with E-state index in [1.807, 2.05) is 19.2 Å². The lowest BCUT2D eigenvalue weighted by molar-refractivity contribution is 0.0986. The molecule has 2 fully saturated rings. The van der Waals surface area contributed by atoms with Crippen LogP contribution in [0.15, 0.2) is 22.7 Å². The Kier molecular flexibility index (Phi) is 4.13. The first kappa shape index (κ1) is 17.6. The van der Waals surface area contributed by atoms with Gasteiger partial charge in [0.25, 0.3) is 0 Å². The van der Waals surface area contributed by atoms with Gasteiger partial charge in [-0.1, -0.05) is 0 Å². The van der Waals surface area contributed by atoms with Gasteiger partial charge in [-0.2, -0.15) is 14.6 Å². The lowest BCUT2D eigenvalue weighted by Crippen LogP contribution is -2.44. The SMILES string of the molecule is C[C@@H]1COCCN1c1cc(N=S2(=O)CCC2)c2c(n1)c(-c1ccn[nH]1)nn2C. The number of anilines is 1. The van der Waals surface area contributed by atoms with Crippen LogP contribution in [-0.2, 0) is 21.5 Å². The Morgan fingerprint density at radius 2 is 2.25 bits per heavy atom. The number of aromatic amines is 1. The van der Waals surface area contributed by atoms with Crippen LogP contribution in [0.5, 0.6) is 0 Å². The van der Waals surface area contributed by atoms with Crippen LogP contribution in [-0.4, -0.2) is 66.5 Å². The number of pyridine rings is 1. The van der Waals surface area contributed by atoms with E-state index in [0.29, 0.717) is 30.4 Å². The molecule has 0 unspecified atom stereocenters. The number of nitrogens with zero attached hydrogens (tertiary/aromatic N) is 6. The molecule has 0 saturated carbocycles. The number of rotatable bonds is 3. The molecule has 5 rings (SSSR count). The van der Waals surface area contributed by atoms with Gasteiger partial charge in [0.15, 0.2) is 0 Å². The first-order valence-electron chi connectivity index (χ1n) is 9.48. The maximum absolute atomic E-state index is 12.9. The molecule has 9 nitrogen and oxygen atoms in total. The van der Waals surface area contributed by atoms with Crippen LogP contribution in [0.25, 0.3) is 22.4 Å². The van der Waals surface area contributed by atoms with Gasteiger partial charge < -0.3 is 9.64 Å². The highest BCUT2D eigenvalue weighted by Crippen LogP contribution is 2.36. The third-order valence-corrected chi connectivity index (χ3v) is 7.75. The largest absolute Gasteiger partial charge is 0.377 e. The van der Waals surface area contributed by atoms with Crippen LogP contribution in [0.4, 0.5) is 11.5 Å². The molecule has 0 amide bonds. The van der Waals surface area contributed by atoms with Crippen molar-refractivity contribution in [1.82, 2.24) is 25.0 Å². The van der Waals surface area contributed by atoms with E-state index >= 15 is 0 Å². The fourth-order valence-electron chi connectivity index (χ4n) is 3.76. The zero-order valence-corrected chi connectivity index (χ0v) is 16.8. The molecule has 1 atom stereocenters. The van der Waals surface area contributed by atoms with E-state index in [4.69, 9.17) is 14.1 Å². The molecule has 2 aliphatic heterocycles. The molecule has 0 aromatic carbocycles. The number of nitrogens with one attached hydrogen (secondary N) is 1. The summed E-state index contributed by atoms with van der Waals surface area (Å²) in [5, 5.41) is 11.7. The Hall–Kier alpha value is -2.46. The number of hydrogen-bond acceptors (Lipinski definition) is 7. The molecule has 10 heteroatoms. The molecule has 0 radical (unpaired) electrons. The average Bonchev–Trinajstić information content (AvgIpc) is 3.29. The first-order valence-corrected chi connectivity index (χ1v) is 11.3. The molecule has 148 valence electrons. The lowest BCUT2D eigenvalue weighted by atomic mass is 10.2. The average molecular weight is 401 g/mol. The summed E-state index contributed by atoms with van der Waals surface area (Å²) >= 11 is 0. The predicted octanol–water partition coefficient (Wildman–Crippen LogP) is 2.09. The van der Waals surface area contributed by atoms with Crippen molar-refractivity contribution in [2.45, 2.75) is 19.4 Å². The molecule has 3 aromatic rings. The van der Waals surface area contributed by atoms with E-state index in [1.165, 1.54) is 0 Å². The van der Waals surface area contributed by atoms with Crippen molar-refractivity contribution in [3.63, 3.8) is 0 Å². The van der Waals surface area contributed by atoms with Crippen LogP contribution in [0.3, 0.4) is 0 Å². The van der Waals surface area contributed by atoms with E-state index in [0.717, 1.165) is 41.2 Å². The van der Waals surface area contributed by atoms with E-state index in [9.17, 15) is 4.21 Å². The number of morpholine rings is 1. The van der Waals surface area contributed by atoms with Crippen molar-refractivity contribution < 1.29 is 8.95 Å². The quantitative estimate of drug-likeness (QED) is 0.721. The third kappa shape index (κ3) is 2.87. The van der Waals surface area contributed by atoms with Crippen LogP contribution >= 0.6 is 0 Å². The van der Waals surface area contributed by atoms with E-state index in [1.54, 1.807) is 10.9 Å². The Bertz CT molecular complexity index is 1130. The zero-order chi connectivity index (χ0) is 19.3. The van der Waals surface area contributed by atoms with Gasteiger partial charge in [-0.3, -0.25) is 9.78 Å². The molecule has 2 saturated heterocycles. The zero-order valence-electron chi connectivity index (χ0n) is 16.0. The maximum Gasteiger partial charge on any atom is 0.137 e. The molecular formula is C18H23N7O2S. The summed E-state index contributed by atoms with van der Waals surface area (Å²) in [6.07, 6.45) is 2.66. The van der Waals surface area contributed by atoms with Crippen molar-refractivity contribution in [3.8, 4) is 11.4 Å². The van der Waals surface area contributed by atoms with E-state index in [-0.39, 0.29) is 6.04 Å². The van der Waals surface area contributed by atoms with Crippen molar-refractivity contribution >= 4 is 32.3 Å². The summed E-state index contributed by atoms with van der Waals surface area (Å²) < 4.78 is 24.9. The molecule has 28 heavy (non-hydrogen) atoms. The van der Waals surface area contributed by atoms with Gasteiger partial charge >= 0.3 is 0 Å². The number of aromatic nitrogens is 5. The van der Waals surface area contributed by atoms with Crippen molar-refractivity contribution in [1.29, 1.82) is 0 Å². The Labute approximate surface area is 163 Å². The molecule has 0 aliphatic carbocycles. The monoisotopic (exact) mass is 401 g/mol. The van der Waals surface area contributed by atoms with Gasteiger partial charge in [-0.25, -0.2) is 9.19 Å². The lowest BCUT2D eigenvalue weighted by Gasteiger charge is -2.34. The van der Waals surface area contributed by atoms with Gasteiger partial charge in [0.2, 0.25) is 0 Å². The highest BCUT2D eigenvalue weighted by Gasteiger charge is 2.26. The van der Waals surface area contributed by atoms with Gasteiger partial charge in [0.05, 0.1) is 34.7 Å². The second kappa shape index (κ2) is 6.56. The van der Waals surface area contributed by atoms with Crippen LogP contribution in [0.1, 0.15) is 13.3 Å². The van der Waals surface area contributed by atoms with Crippen LogP contribution in [0.2, 0.25) is 0 Å². The maximum atomic E-state index is 12.9. The normalized spacial score (nSPS) is 21.6. The van der Waals surface area contributed by atoms with Gasteiger partial charge in [0.1, 0.15) is 28.2 Å². The smallest absolute Gasteiger partial charge is 0.137 e. The minimum absolute atomic E-state index is 0.205. The van der Waals surface area contributed by atoms with Gasteiger partial charge in [-0.15, -0.1) is 0 Å². The Morgan fingerprint density at radius 1 is 1.39 bits per heavy atom. The Balaban J connectivity index is 1.76. The number of H-pyrrole nitrogens is 1. The first-order chi connectivity index (χ1) is 13.5. The number of hydrogen-bond donors (Lipinski definition) is 1. The standard InChI is InChI=1S/C18H23N7O2S/c1-12-11-27-7-6-25(12)15-10-14(23-28(26)8-3-9-28)18-17(20-15)16(22-24(18)2)13-4-5-19-21-13/h4-5,10,12H,3,6-9,11H2,1-2H3,(H,19,21)/t12-/m1/s1. The summed E-state index contributed by atoms with van der Waals surface area (Å²) in [5.41, 5.74) is 3.75. The fourth-order valence-corrected chi connectivity index (χ4v) is 5.22. The molecule has 1 N–H and O–H groups in total. The highest BCUT2D eigenvalue weighted by atomic mass is 32.2. The molecule has 0 bridgehead atoms. The highest BCUT2D eigenvalue weighted by molar-refractivity contribution is 7.95. The van der Waals surface area contributed by atoms with Gasteiger partial charge in [-0.05, 0) is 19.4 Å². The molecule has 5 heterocycles.